The van der Waals surface area contributed by atoms with E-state index in [1.165, 1.54) is 0 Å². The summed E-state index contributed by atoms with van der Waals surface area (Å²) < 4.78 is 0. The zero-order valence-corrected chi connectivity index (χ0v) is 11.8. The normalized spacial score (nSPS) is 10.8. The molecule has 1 heterocycles. The van der Waals surface area contributed by atoms with Crippen LogP contribution in [0.1, 0.15) is 18.4 Å². The van der Waals surface area contributed by atoms with E-state index in [9.17, 15) is 0 Å². The summed E-state index contributed by atoms with van der Waals surface area (Å²) in [4.78, 5) is 8.74. The van der Waals surface area contributed by atoms with Gasteiger partial charge in [0.2, 0.25) is 0 Å². The third-order valence-corrected chi connectivity index (χ3v) is 3.97. The minimum absolute atomic E-state index is 0.793. The first-order valence-electron chi connectivity index (χ1n) is 5.90. The molecule has 0 bridgehead atoms. The fourth-order valence-corrected chi connectivity index (χ4v) is 2.66. The lowest BCUT2D eigenvalue weighted by Gasteiger charge is -2.01. The Labute approximate surface area is 116 Å². The van der Waals surface area contributed by atoms with Crippen molar-refractivity contribution in [2.75, 3.05) is 6.54 Å². The number of halogens is 1. The summed E-state index contributed by atoms with van der Waals surface area (Å²) in [6.07, 6.45) is 1.88. The number of thioether (sulfide) groups is 1. The highest BCUT2D eigenvalue weighted by atomic mass is 35.5. The van der Waals surface area contributed by atoms with Crippen LogP contribution in [0.5, 0.6) is 0 Å². The molecule has 1 aromatic heterocycles. The molecule has 2 aromatic rings. The van der Waals surface area contributed by atoms with Gasteiger partial charge in [0, 0.05) is 23.3 Å². The smallest absolute Gasteiger partial charge is 0.116 e. The third-order valence-electron chi connectivity index (χ3n) is 2.45. The number of aromatic amines is 1. The molecule has 2 N–H and O–H groups in total. The average Bonchev–Trinajstić information content (AvgIpc) is 2.83. The molecule has 0 saturated heterocycles. The molecule has 5 heteroatoms. The van der Waals surface area contributed by atoms with Crippen LogP contribution in [-0.2, 0) is 12.3 Å². The Bertz CT molecular complexity index is 498. The van der Waals surface area contributed by atoms with Gasteiger partial charge in [0.15, 0.2) is 0 Å². The number of H-pyrrole nitrogens is 1. The Hall–Kier alpha value is -0.970. The molecule has 1 aromatic carbocycles. The fraction of sp³-hybridized carbons (Fsp3) is 0.308. The molecule has 0 atom stereocenters. The van der Waals surface area contributed by atoms with E-state index in [-0.39, 0.29) is 0 Å². The number of imidazole rings is 1. The molecule has 18 heavy (non-hydrogen) atoms. The highest BCUT2D eigenvalue weighted by molar-refractivity contribution is 7.98. The van der Waals surface area contributed by atoms with Gasteiger partial charge in [-0.3, -0.25) is 0 Å². The lowest BCUT2D eigenvalue weighted by atomic mass is 10.4. The molecule has 2 rings (SSSR count). The Morgan fingerprint density at radius 3 is 3.00 bits per heavy atom. The number of hydrogen-bond donors (Lipinski definition) is 2. The van der Waals surface area contributed by atoms with Gasteiger partial charge in [-0.25, -0.2) is 4.98 Å². The summed E-state index contributed by atoms with van der Waals surface area (Å²) in [5, 5.41) is 4.06. The topological polar surface area (TPSA) is 40.7 Å². The molecule has 0 unspecified atom stereocenters. The molecular formula is C13H16ClN3S. The number of hydrogen-bond acceptors (Lipinski definition) is 3. The zero-order chi connectivity index (χ0) is 12.8. The van der Waals surface area contributed by atoms with Crippen LogP contribution in [0.25, 0.3) is 0 Å². The first-order chi connectivity index (χ1) is 8.79. The second-order valence-corrected chi connectivity index (χ2v) is 5.28. The van der Waals surface area contributed by atoms with Gasteiger partial charge in [-0.1, -0.05) is 30.7 Å². The molecule has 0 spiro atoms. The van der Waals surface area contributed by atoms with Crippen molar-refractivity contribution in [1.82, 2.24) is 15.3 Å². The van der Waals surface area contributed by atoms with Crippen LogP contribution in [0.2, 0.25) is 5.02 Å². The van der Waals surface area contributed by atoms with Crippen molar-refractivity contribution in [3.8, 4) is 0 Å². The van der Waals surface area contributed by atoms with E-state index in [1.54, 1.807) is 11.8 Å². The highest BCUT2D eigenvalue weighted by Gasteiger charge is 2.03. The first kappa shape index (κ1) is 13.5. The maximum Gasteiger partial charge on any atom is 0.116 e. The van der Waals surface area contributed by atoms with Crippen LogP contribution in [0.3, 0.4) is 0 Å². The summed E-state index contributed by atoms with van der Waals surface area (Å²) in [5.41, 5.74) is 1.12. The SMILES string of the molecule is CCNCc1cnc(CSc2ccccc2Cl)[nH]1. The van der Waals surface area contributed by atoms with Crippen molar-refractivity contribution in [2.45, 2.75) is 24.1 Å². The van der Waals surface area contributed by atoms with Crippen molar-refractivity contribution in [3.05, 3.63) is 47.0 Å². The minimum Gasteiger partial charge on any atom is -0.344 e. The zero-order valence-electron chi connectivity index (χ0n) is 10.2. The molecule has 0 saturated carbocycles. The standard InChI is InChI=1S/C13H16ClN3S/c1-2-15-7-10-8-16-13(17-10)9-18-12-6-4-3-5-11(12)14/h3-6,8,15H,2,7,9H2,1H3,(H,16,17). The number of nitrogens with zero attached hydrogens (tertiary/aromatic N) is 1. The van der Waals surface area contributed by atoms with Crippen molar-refractivity contribution in [3.63, 3.8) is 0 Å². The summed E-state index contributed by atoms with van der Waals surface area (Å²) in [6.45, 7) is 3.88. The maximum atomic E-state index is 6.10. The van der Waals surface area contributed by atoms with Crippen LogP contribution in [0, 0.1) is 0 Å². The van der Waals surface area contributed by atoms with Crippen LogP contribution in [0.15, 0.2) is 35.4 Å². The molecule has 96 valence electrons. The number of benzene rings is 1. The van der Waals surface area contributed by atoms with Gasteiger partial charge in [0.05, 0.1) is 10.8 Å². The van der Waals surface area contributed by atoms with Crippen LogP contribution >= 0.6 is 23.4 Å². The van der Waals surface area contributed by atoms with Crippen molar-refractivity contribution < 1.29 is 0 Å². The number of nitrogens with one attached hydrogen (secondary N) is 2. The summed E-state index contributed by atoms with van der Waals surface area (Å²) in [5.74, 6) is 1.78. The minimum atomic E-state index is 0.793. The van der Waals surface area contributed by atoms with Crippen LogP contribution in [-0.4, -0.2) is 16.5 Å². The van der Waals surface area contributed by atoms with Crippen molar-refractivity contribution >= 4 is 23.4 Å². The molecule has 0 aliphatic rings. The van der Waals surface area contributed by atoms with E-state index in [0.29, 0.717) is 0 Å². The first-order valence-corrected chi connectivity index (χ1v) is 7.26. The summed E-state index contributed by atoms with van der Waals surface area (Å²) >= 11 is 7.79. The van der Waals surface area contributed by atoms with Crippen molar-refractivity contribution in [2.24, 2.45) is 0 Å². The Morgan fingerprint density at radius 1 is 1.39 bits per heavy atom. The van der Waals surface area contributed by atoms with E-state index in [1.807, 2.05) is 30.5 Å². The molecule has 3 nitrogen and oxygen atoms in total. The molecule has 0 aliphatic heterocycles. The lowest BCUT2D eigenvalue weighted by molar-refractivity contribution is 0.713. The lowest BCUT2D eigenvalue weighted by Crippen LogP contribution is -2.11. The Morgan fingerprint density at radius 2 is 2.22 bits per heavy atom. The van der Waals surface area contributed by atoms with Gasteiger partial charge in [0.1, 0.15) is 5.82 Å². The number of rotatable bonds is 6. The van der Waals surface area contributed by atoms with Gasteiger partial charge in [-0.05, 0) is 18.7 Å². The number of aromatic nitrogens is 2. The molecule has 0 aliphatic carbocycles. The molecule has 0 fully saturated rings. The van der Waals surface area contributed by atoms with Gasteiger partial charge in [0.25, 0.3) is 0 Å². The van der Waals surface area contributed by atoms with Crippen molar-refractivity contribution in [1.29, 1.82) is 0 Å². The second-order valence-electron chi connectivity index (χ2n) is 3.85. The monoisotopic (exact) mass is 281 g/mol. The van der Waals surface area contributed by atoms with Crippen LogP contribution in [0.4, 0.5) is 0 Å². The quantitative estimate of drug-likeness (QED) is 0.797. The van der Waals surface area contributed by atoms with E-state index < -0.39 is 0 Å². The predicted octanol–water partition coefficient (Wildman–Crippen LogP) is 3.46. The maximum absolute atomic E-state index is 6.10. The Balaban J connectivity index is 1.90. The van der Waals surface area contributed by atoms with Gasteiger partial charge in [-0.2, -0.15) is 0 Å². The highest BCUT2D eigenvalue weighted by Crippen LogP contribution is 2.28. The molecular weight excluding hydrogens is 266 g/mol. The third kappa shape index (κ3) is 3.77. The molecule has 0 amide bonds. The fourth-order valence-electron chi connectivity index (χ4n) is 1.54. The average molecular weight is 282 g/mol. The largest absolute Gasteiger partial charge is 0.344 e. The van der Waals surface area contributed by atoms with Gasteiger partial charge in [-0.15, -0.1) is 11.8 Å². The van der Waals surface area contributed by atoms with E-state index >= 15 is 0 Å². The van der Waals surface area contributed by atoms with Gasteiger partial charge >= 0.3 is 0 Å². The van der Waals surface area contributed by atoms with E-state index in [4.69, 9.17) is 11.6 Å². The van der Waals surface area contributed by atoms with E-state index in [0.717, 1.165) is 40.3 Å². The van der Waals surface area contributed by atoms with Crippen LogP contribution < -0.4 is 5.32 Å². The predicted molar refractivity (Wildman–Crippen MR) is 77.0 cm³/mol. The Kier molecular flexibility index (Phi) is 5.11. The summed E-state index contributed by atoms with van der Waals surface area (Å²) in [7, 11) is 0. The second kappa shape index (κ2) is 6.83. The molecule has 0 radical (unpaired) electrons. The summed E-state index contributed by atoms with van der Waals surface area (Å²) in [6, 6.07) is 7.86. The van der Waals surface area contributed by atoms with Gasteiger partial charge < -0.3 is 10.3 Å². The van der Waals surface area contributed by atoms with E-state index in [2.05, 4.69) is 22.2 Å².